The Labute approximate surface area is 82.2 Å². The number of carbonyl (C=O) groups excluding carboxylic acids is 2. The van der Waals surface area contributed by atoms with E-state index in [0.29, 0.717) is 11.1 Å². The molecule has 70 valence electrons. The van der Waals surface area contributed by atoms with Crippen molar-refractivity contribution in [3.63, 3.8) is 0 Å². The number of aldehydes is 1. The van der Waals surface area contributed by atoms with Crippen LogP contribution >= 0.6 is 0 Å². The van der Waals surface area contributed by atoms with E-state index in [0.717, 1.165) is 6.29 Å². The molecule has 0 N–H and O–H groups in total. The number of hydrogen-bond donors (Lipinski definition) is 0. The van der Waals surface area contributed by atoms with Crippen LogP contribution in [-0.4, -0.2) is 17.1 Å². The van der Waals surface area contributed by atoms with Gasteiger partial charge in [-0.15, -0.1) is 0 Å². The molecule has 0 fully saturated rings. The highest BCUT2D eigenvalue weighted by Crippen LogP contribution is 2.01. The van der Waals surface area contributed by atoms with E-state index in [2.05, 4.69) is 16.8 Å². The molecule has 1 heterocycles. The predicted octanol–water partition coefficient (Wildman–Crippen LogP) is 1.22. The molecule has 0 aromatic carbocycles. The maximum atomic E-state index is 11.0. The van der Waals surface area contributed by atoms with Gasteiger partial charge in [0.1, 0.15) is 6.29 Å². The van der Waals surface area contributed by atoms with Gasteiger partial charge in [-0.25, -0.2) is 0 Å². The first-order valence-electron chi connectivity index (χ1n) is 4.12. The fourth-order valence-corrected chi connectivity index (χ4v) is 0.896. The lowest BCUT2D eigenvalue weighted by Gasteiger charge is -1.94. The first kappa shape index (κ1) is 10.1. The van der Waals surface area contributed by atoms with E-state index in [1.807, 2.05) is 0 Å². The van der Waals surface area contributed by atoms with Gasteiger partial charge < -0.3 is 4.79 Å². The lowest BCUT2D eigenvalue weighted by atomic mass is 10.1. The Hall–Kier alpha value is -1.95. The second kappa shape index (κ2) is 4.93. The van der Waals surface area contributed by atoms with E-state index < -0.39 is 0 Å². The SMILES string of the molecule is CC(=O)c1cncc(C#CCC=O)c1. The normalized spacial score (nSPS) is 8.64. The zero-order valence-corrected chi connectivity index (χ0v) is 7.78. The van der Waals surface area contributed by atoms with Crippen molar-refractivity contribution in [2.24, 2.45) is 0 Å². The molecule has 14 heavy (non-hydrogen) atoms. The van der Waals surface area contributed by atoms with Gasteiger partial charge in [0.2, 0.25) is 0 Å². The summed E-state index contributed by atoms with van der Waals surface area (Å²) in [7, 11) is 0. The molecule has 1 aromatic heterocycles. The molecule has 1 aromatic rings. The Morgan fingerprint density at radius 2 is 2.36 bits per heavy atom. The van der Waals surface area contributed by atoms with E-state index in [1.54, 1.807) is 12.3 Å². The molecule has 0 aliphatic heterocycles. The predicted molar refractivity (Wildman–Crippen MR) is 51.8 cm³/mol. The minimum atomic E-state index is -0.0449. The van der Waals surface area contributed by atoms with Gasteiger partial charge in [-0.2, -0.15) is 0 Å². The summed E-state index contributed by atoms with van der Waals surface area (Å²) in [6.07, 6.45) is 3.98. The fourth-order valence-electron chi connectivity index (χ4n) is 0.896. The lowest BCUT2D eigenvalue weighted by molar-refractivity contribution is -0.107. The maximum Gasteiger partial charge on any atom is 0.161 e. The van der Waals surface area contributed by atoms with Crippen LogP contribution < -0.4 is 0 Å². The van der Waals surface area contributed by atoms with E-state index >= 15 is 0 Å². The van der Waals surface area contributed by atoms with Gasteiger partial charge in [-0.1, -0.05) is 11.8 Å². The number of ketones is 1. The highest BCUT2D eigenvalue weighted by Gasteiger charge is 1.98. The molecule has 0 aliphatic carbocycles. The molecule has 0 amide bonds. The highest BCUT2D eigenvalue weighted by atomic mass is 16.1. The second-order valence-electron chi connectivity index (χ2n) is 2.69. The van der Waals surface area contributed by atoms with Gasteiger partial charge in [-0.05, 0) is 13.0 Å². The van der Waals surface area contributed by atoms with E-state index in [-0.39, 0.29) is 12.2 Å². The first-order valence-corrected chi connectivity index (χ1v) is 4.12. The van der Waals surface area contributed by atoms with Crippen molar-refractivity contribution in [1.82, 2.24) is 4.98 Å². The Morgan fingerprint density at radius 1 is 1.57 bits per heavy atom. The van der Waals surface area contributed by atoms with E-state index in [4.69, 9.17) is 0 Å². The van der Waals surface area contributed by atoms with Crippen LogP contribution in [0.5, 0.6) is 0 Å². The third-order valence-corrected chi connectivity index (χ3v) is 1.56. The lowest BCUT2D eigenvalue weighted by Crippen LogP contribution is -1.93. The number of Topliss-reactive ketones (excluding diaryl/α,β-unsaturated/α-hetero) is 1. The monoisotopic (exact) mass is 187 g/mol. The van der Waals surface area contributed by atoms with Gasteiger partial charge in [0.25, 0.3) is 0 Å². The molecule has 3 heteroatoms. The van der Waals surface area contributed by atoms with Crippen LogP contribution in [0.4, 0.5) is 0 Å². The van der Waals surface area contributed by atoms with Gasteiger partial charge in [0.15, 0.2) is 5.78 Å². The van der Waals surface area contributed by atoms with Crippen LogP contribution in [-0.2, 0) is 4.79 Å². The Balaban J connectivity index is 2.90. The van der Waals surface area contributed by atoms with Gasteiger partial charge in [-0.3, -0.25) is 9.78 Å². The van der Waals surface area contributed by atoms with Gasteiger partial charge in [0.05, 0.1) is 6.42 Å². The van der Waals surface area contributed by atoms with Crippen LogP contribution in [0.1, 0.15) is 29.3 Å². The zero-order valence-electron chi connectivity index (χ0n) is 7.78. The topological polar surface area (TPSA) is 47.0 Å². The average molecular weight is 187 g/mol. The number of pyridine rings is 1. The summed E-state index contributed by atoms with van der Waals surface area (Å²) in [5, 5.41) is 0. The highest BCUT2D eigenvalue weighted by molar-refractivity contribution is 5.94. The van der Waals surface area contributed by atoms with Crippen LogP contribution in [0, 0.1) is 11.8 Å². The van der Waals surface area contributed by atoms with Crippen LogP contribution in [0.2, 0.25) is 0 Å². The summed E-state index contributed by atoms with van der Waals surface area (Å²) in [6, 6.07) is 1.66. The van der Waals surface area contributed by atoms with Crippen molar-refractivity contribution in [3.8, 4) is 11.8 Å². The van der Waals surface area contributed by atoms with Crippen LogP contribution in [0.15, 0.2) is 18.5 Å². The average Bonchev–Trinajstić information content (AvgIpc) is 2.19. The quantitative estimate of drug-likeness (QED) is 0.397. The Morgan fingerprint density at radius 3 is 3.00 bits per heavy atom. The molecule has 0 atom stereocenters. The zero-order chi connectivity index (χ0) is 10.4. The largest absolute Gasteiger partial charge is 0.302 e. The second-order valence-corrected chi connectivity index (χ2v) is 2.69. The van der Waals surface area contributed by atoms with Crippen molar-refractivity contribution in [2.45, 2.75) is 13.3 Å². The van der Waals surface area contributed by atoms with Gasteiger partial charge >= 0.3 is 0 Å². The minimum Gasteiger partial charge on any atom is -0.302 e. The molecule has 3 nitrogen and oxygen atoms in total. The van der Waals surface area contributed by atoms with Gasteiger partial charge in [0, 0.05) is 23.5 Å². The maximum absolute atomic E-state index is 11.0. The summed E-state index contributed by atoms with van der Waals surface area (Å²) >= 11 is 0. The molecule has 1 rings (SSSR count). The molecular weight excluding hydrogens is 178 g/mol. The molecule has 0 bridgehead atoms. The van der Waals surface area contributed by atoms with Crippen molar-refractivity contribution >= 4 is 12.1 Å². The molecule has 0 saturated heterocycles. The first-order chi connectivity index (χ1) is 6.74. The third kappa shape index (κ3) is 2.83. The smallest absolute Gasteiger partial charge is 0.161 e. The number of rotatable bonds is 2. The minimum absolute atomic E-state index is 0.0449. The number of hydrogen-bond acceptors (Lipinski definition) is 3. The van der Waals surface area contributed by atoms with Crippen LogP contribution in [0.3, 0.4) is 0 Å². The molecule has 0 radical (unpaired) electrons. The standard InChI is InChI=1S/C11H9NO2/c1-9(14)11-6-10(7-12-8-11)4-2-3-5-13/h5-8H,3H2,1H3. The summed E-state index contributed by atoms with van der Waals surface area (Å²) in [6.45, 7) is 1.47. The Bertz CT molecular complexity index is 413. The summed E-state index contributed by atoms with van der Waals surface area (Å²) in [5.74, 6) is 5.35. The summed E-state index contributed by atoms with van der Waals surface area (Å²) in [5.41, 5.74) is 1.18. The third-order valence-electron chi connectivity index (χ3n) is 1.56. The summed E-state index contributed by atoms with van der Waals surface area (Å²) < 4.78 is 0. The van der Waals surface area contributed by atoms with Crippen molar-refractivity contribution < 1.29 is 9.59 Å². The molecular formula is C11H9NO2. The number of aromatic nitrogens is 1. The van der Waals surface area contributed by atoms with E-state index in [9.17, 15) is 9.59 Å². The van der Waals surface area contributed by atoms with Crippen molar-refractivity contribution in [3.05, 3.63) is 29.6 Å². The van der Waals surface area contributed by atoms with E-state index in [1.165, 1.54) is 13.1 Å². The molecule has 0 aliphatic rings. The molecule has 0 saturated carbocycles. The fraction of sp³-hybridized carbons (Fsp3) is 0.182. The Kier molecular flexibility index (Phi) is 3.57. The number of nitrogens with zero attached hydrogens (tertiary/aromatic N) is 1. The van der Waals surface area contributed by atoms with Crippen molar-refractivity contribution in [1.29, 1.82) is 0 Å². The summed E-state index contributed by atoms with van der Waals surface area (Å²) in [4.78, 5) is 24.9. The van der Waals surface area contributed by atoms with Crippen LogP contribution in [0.25, 0.3) is 0 Å². The molecule has 0 spiro atoms. The van der Waals surface area contributed by atoms with Crippen molar-refractivity contribution in [2.75, 3.05) is 0 Å². The number of carbonyl (C=O) groups is 2. The molecule has 0 unspecified atom stereocenters.